The van der Waals surface area contributed by atoms with Crippen molar-refractivity contribution in [3.05, 3.63) is 29.4 Å². The van der Waals surface area contributed by atoms with E-state index >= 15 is 0 Å². The van der Waals surface area contributed by atoms with Crippen molar-refractivity contribution in [2.24, 2.45) is 5.73 Å². The molecule has 0 saturated heterocycles. The monoisotopic (exact) mass is 226 g/mol. The standard InChI is InChI=1S/C10H15FN4O/c1-7(11)3-8(4-12)5-15-9(6-16)10(13-2)14-15/h3-4,6,13-14H,5,12H2,1-2H3/b7-3+,8-4+. The Labute approximate surface area is 92.8 Å². The Morgan fingerprint density at radius 2 is 2.38 bits per heavy atom. The number of rotatable bonds is 5. The minimum Gasteiger partial charge on any atom is -0.404 e. The summed E-state index contributed by atoms with van der Waals surface area (Å²) >= 11 is 0. The van der Waals surface area contributed by atoms with Crippen LogP contribution in [0.5, 0.6) is 0 Å². The van der Waals surface area contributed by atoms with Gasteiger partial charge in [0.1, 0.15) is 11.5 Å². The number of allylic oxidation sites excluding steroid dienone is 3. The summed E-state index contributed by atoms with van der Waals surface area (Å²) in [5.41, 5.74) is 6.43. The zero-order chi connectivity index (χ0) is 12.1. The number of aromatic amines is 1. The van der Waals surface area contributed by atoms with Crippen LogP contribution in [0, 0.1) is 0 Å². The fraction of sp³-hybridized carbons (Fsp3) is 0.300. The summed E-state index contributed by atoms with van der Waals surface area (Å²) < 4.78 is 14.2. The van der Waals surface area contributed by atoms with E-state index in [0.29, 0.717) is 23.6 Å². The molecular weight excluding hydrogens is 211 g/mol. The maximum absolute atomic E-state index is 12.7. The molecule has 88 valence electrons. The minimum absolute atomic E-state index is 0.330. The normalized spacial score (nSPS) is 12.9. The number of halogens is 1. The van der Waals surface area contributed by atoms with E-state index in [9.17, 15) is 9.18 Å². The average molecular weight is 226 g/mol. The van der Waals surface area contributed by atoms with Gasteiger partial charge < -0.3 is 11.1 Å². The van der Waals surface area contributed by atoms with Gasteiger partial charge in [-0.3, -0.25) is 14.6 Å². The molecule has 0 unspecified atom stereocenters. The number of anilines is 1. The molecule has 0 atom stereocenters. The van der Waals surface area contributed by atoms with Crippen LogP contribution in [-0.2, 0) is 6.54 Å². The van der Waals surface area contributed by atoms with Crippen LogP contribution in [0.15, 0.2) is 23.7 Å². The Kier molecular flexibility index (Phi) is 3.93. The second kappa shape index (κ2) is 5.20. The number of carbonyl (C=O) groups excluding carboxylic acids is 1. The highest BCUT2D eigenvalue weighted by Gasteiger charge is 2.12. The number of H-pyrrole nitrogens is 1. The Balaban J connectivity index is 2.81. The second-order valence-corrected chi connectivity index (χ2v) is 3.30. The first kappa shape index (κ1) is 12.1. The van der Waals surface area contributed by atoms with Crippen LogP contribution >= 0.6 is 0 Å². The number of nitrogens with two attached hydrogens (primary N) is 1. The maximum Gasteiger partial charge on any atom is 0.171 e. The third-order valence-electron chi connectivity index (χ3n) is 2.09. The van der Waals surface area contributed by atoms with E-state index in [1.54, 1.807) is 11.7 Å². The van der Waals surface area contributed by atoms with Crippen LogP contribution in [0.2, 0.25) is 0 Å². The first-order chi connectivity index (χ1) is 7.62. The van der Waals surface area contributed by atoms with Crippen LogP contribution < -0.4 is 11.1 Å². The number of hydrogen-bond donors (Lipinski definition) is 3. The fourth-order valence-electron chi connectivity index (χ4n) is 1.35. The van der Waals surface area contributed by atoms with Gasteiger partial charge in [-0.05, 0) is 24.8 Å². The van der Waals surface area contributed by atoms with E-state index < -0.39 is 0 Å². The third kappa shape index (κ3) is 2.53. The van der Waals surface area contributed by atoms with Crippen LogP contribution in [0.25, 0.3) is 0 Å². The number of hydrogen-bond acceptors (Lipinski definition) is 3. The molecule has 0 aromatic carbocycles. The zero-order valence-electron chi connectivity index (χ0n) is 9.25. The molecule has 0 aliphatic carbocycles. The quantitative estimate of drug-likeness (QED) is 0.524. The number of aromatic nitrogens is 2. The van der Waals surface area contributed by atoms with E-state index in [4.69, 9.17) is 5.73 Å². The van der Waals surface area contributed by atoms with E-state index in [1.165, 1.54) is 19.2 Å². The lowest BCUT2D eigenvalue weighted by atomic mass is 10.2. The topological polar surface area (TPSA) is 75.8 Å². The first-order valence-corrected chi connectivity index (χ1v) is 4.78. The fourth-order valence-corrected chi connectivity index (χ4v) is 1.35. The molecule has 0 saturated carbocycles. The molecule has 0 amide bonds. The summed E-state index contributed by atoms with van der Waals surface area (Å²) in [6, 6.07) is 0. The SMILES string of the molecule is CNc1[nH]n(CC(/C=C(\C)F)=C/N)c1C=O. The van der Waals surface area contributed by atoms with Gasteiger partial charge in [-0.1, -0.05) is 0 Å². The molecular formula is C10H15FN4O. The highest BCUT2D eigenvalue weighted by Crippen LogP contribution is 2.15. The number of nitrogens with zero attached hydrogens (tertiary/aromatic N) is 1. The van der Waals surface area contributed by atoms with Crippen LogP contribution in [0.1, 0.15) is 17.4 Å². The molecule has 1 aromatic rings. The Bertz CT molecular complexity index is 424. The van der Waals surface area contributed by atoms with E-state index in [1.807, 2.05) is 0 Å². The van der Waals surface area contributed by atoms with Crippen LogP contribution in [0.4, 0.5) is 10.2 Å². The minimum atomic E-state index is -0.331. The Morgan fingerprint density at radius 3 is 2.81 bits per heavy atom. The summed E-state index contributed by atoms with van der Waals surface area (Å²) in [4.78, 5) is 10.7. The molecule has 1 heterocycles. The molecule has 6 heteroatoms. The van der Waals surface area contributed by atoms with Gasteiger partial charge in [0, 0.05) is 7.05 Å². The van der Waals surface area contributed by atoms with Gasteiger partial charge >= 0.3 is 0 Å². The van der Waals surface area contributed by atoms with Crippen molar-refractivity contribution in [3.63, 3.8) is 0 Å². The van der Waals surface area contributed by atoms with Crippen molar-refractivity contribution in [1.82, 2.24) is 9.78 Å². The molecule has 0 spiro atoms. The van der Waals surface area contributed by atoms with Crippen molar-refractivity contribution in [2.75, 3.05) is 12.4 Å². The second-order valence-electron chi connectivity index (χ2n) is 3.30. The lowest BCUT2D eigenvalue weighted by molar-refractivity contribution is 0.111. The molecule has 4 N–H and O–H groups in total. The van der Waals surface area contributed by atoms with Crippen molar-refractivity contribution >= 4 is 12.1 Å². The van der Waals surface area contributed by atoms with Crippen molar-refractivity contribution in [2.45, 2.75) is 13.5 Å². The van der Waals surface area contributed by atoms with Crippen molar-refractivity contribution in [1.29, 1.82) is 0 Å². The number of carbonyl (C=O) groups is 1. The summed E-state index contributed by atoms with van der Waals surface area (Å²) in [5, 5.41) is 5.71. The Hall–Kier alpha value is -1.98. The van der Waals surface area contributed by atoms with Crippen molar-refractivity contribution in [3.8, 4) is 0 Å². The molecule has 16 heavy (non-hydrogen) atoms. The van der Waals surface area contributed by atoms with Gasteiger partial charge in [0.25, 0.3) is 0 Å². The summed E-state index contributed by atoms with van der Waals surface area (Å²) in [5.74, 6) is 0.315. The zero-order valence-corrected chi connectivity index (χ0v) is 9.25. The molecule has 0 fully saturated rings. The van der Waals surface area contributed by atoms with Crippen LogP contribution in [0.3, 0.4) is 0 Å². The molecule has 0 bridgehead atoms. The Morgan fingerprint density at radius 1 is 1.69 bits per heavy atom. The maximum atomic E-state index is 12.7. The van der Waals surface area contributed by atoms with Crippen molar-refractivity contribution < 1.29 is 9.18 Å². The van der Waals surface area contributed by atoms with Gasteiger partial charge in [0.15, 0.2) is 6.29 Å². The largest absolute Gasteiger partial charge is 0.404 e. The van der Waals surface area contributed by atoms with Gasteiger partial charge in [-0.25, -0.2) is 4.39 Å². The average Bonchev–Trinajstić information content (AvgIpc) is 2.21. The van der Waals surface area contributed by atoms with Crippen LogP contribution in [-0.4, -0.2) is 23.1 Å². The highest BCUT2D eigenvalue weighted by atomic mass is 19.1. The number of nitrogens with one attached hydrogen (secondary N) is 2. The molecule has 0 aliphatic rings. The van der Waals surface area contributed by atoms with Gasteiger partial charge in [-0.15, -0.1) is 0 Å². The highest BCUT2D eigenvalue weighted by molar-refractivity contribution is 5.81. The molecule has 0 aliphatic heterocycles. The lowest BCUT2D eigenvalue weighted by Gasteiger charge is -2.19. The molecule has 0 radical (unpaired) electrons. The van der Waals surface area contributed by atoms with Gasteiger partial charge in [-0.2, -0.15) is 0 Å². The summed E-state index contributed by atoms with van der Waals surface area (Å²) in [6.45, 7) is 1.67. The van der Waals surface area contributed by atoms with E-state index in [-0.39, 0.29) is 5.83 Å². The molecule has 1 aromatic heterocycles. The third-order valence-corrected chi connectivity index (χ3v) is 2.09. The summed E-state index contributed by atoms with van der Waals surface area (Å²) in [7, 11) is 1.70. The van der Waals surface area contributed by atoms with E-state index in [0.717, 1.165) is 6.29 Å². The lowest BCUT2D eigenvalue weighted by Crippen LogP contribution is -2.21. The van der Waals surface area contributed by atoms with Gasteiger partial charge in [0.05, 0.1) is 12.4 Å². The van der Waals surface area contributed by atoms with Gasteiger partial charge in [0.2, 0.25) is 0 Å². The predicted molar refractivity (Wildman–Crippen MR) is 60.9 cm³/mol. The smallest absolute Gasteiger partial charge is 0.171 e. The first-order valence-electron chi connectivity index (χ1n) is 4.78. The number of aldehydes is 1. The molecule has 1 rings (SSSR count). The van der Waals surface area contributed by atoms with E-state index in [2.05, 4.69) is 10.4 Å². The molecule has 5 nitrogen and oxygen atoms in total. The summed E-state index contributed by atoms with van der Waals surface area (Å²) in [6.07, 6.45) is 3.36. The predicted octanol–water partition coefficient (Wildman–Crippen LogP) is 1.39.